The molecule has 0 saturated heterocycles. The quantitative estimate of drug-likeness (QED) is 0.616. The van der Waals surface area contributed by atoms with Crippen LogP contribution in [0.4, 0.5) is 0 Å². The molecule has 21 heavy (non-hydrogen) atoms. The lowest BCUT2D eigenvalue weighted by Gasteiger charge is -2.19. The predicted molar refractivity (Wildman–Crippen MR) is 90.1 cm³/mol. The minimum Gasteiger partial charge on any atom is -0.0555 e. The lowest BCUT2D eigenvalue weighted by atomic mass is 9.85. The fourth-order valence-electron chi connectivity index (χ4n) is 4.46. The van der Waals surface area contributed by atoms with Crippen LogP contribution in [0, 0.1) is 20.8 Å². The molecule has 0 heterocycles. The predicted octanol–water partition coefficient (Wildman–Crippen LogP) is 5.26. The van der Waals surface area contributed by atoms with E-state index in [2.05, 4.69) is 39.0 Å². The Morgan fingerprint density at radius 3 is 1.90 bits per heavy atom. The molecule has 0 atom stereocenters. The maximum Gasteiger partial charge on any atom is -0.0111 e. The van der Waals surface area contributed by atoms with Gasteiger partial charge in [-0.2, -0.15) is 0 Å². The zero-order valence-corrected chi connectivity index (χ0v) is 13.5. The highest BCUT2D eigenvalue weighted by Gasteiger charge is 2.25. The summed E-state index contributed by atoms with van der Waals surface area (Å²) in [4.78, 5) is 0. The van der Waals surface area contributed by atoms with Gasteiger partial charge < -0.3 is 0 Å². The van der Waals surface area contributed by atoms with Crippen molar-refractivity contribution >= 4 is 0 Å². The van der Waals surface area contributed by atoms with E-state index in [9.17, 15) is 0 Å². The number of benzene rings is 2. The Hall–Kier alpha value is -1.56. The number of aryl methyl sites for hydroxylation is 5. The molecule has 0 nitrogen and oxygen atoms in total. The van der Waals surface area contributed by atoms with Crippen molar-refractivity contribution in [2.75, 3.05) is 0 Å². The van der Waals surface area contributed by atoms with Crippen LogP contribution in [-0.4, -0.2) is 0 Å². The van der Waals surface area contributed by atoms with Crippen molar-refractivity contribution in [1.29, 1.82) is 0 Å². The van der Waals surface area contributed by atoms with Gasteiger partial charge in [0.2, 0.25) is 0 Å². The van der Waals surface area contributed by atoms with E-state index in [4.69, 9.17) is 0 Å². The molecule has 0 amide bonds. The zero-order valence-electron chi connectivity index (χ0n) is 13.5. The summed E-state index contributed by atoms with van der Waals surface area (Å²) in [5, 5.41) is 0. The van der Waals surface area contributed by atoms with Gasteiger partial charge in [0.05, 0.1) is 0 Å². The standard InChI is InChI=1S/C21H24/c1-13-10-16-6-4-7-18-12-14(2)15(3)19-9-5-8-17(11-13)20(16)21(18)19/h10-12H,4-9H2,1-3H3. The van der Waals surface area contributed by atoms with Gasteiger partial charge in [-0.3, -0.25) is 0 Å². The van der Waals surface area contributed by atoms with E-state index in [0.717, 1.165) is 0 Å². The van der Waals surface area contributed by atoms with Crippen molar-refractivity contribution in [1.82, 2.24) is 0 Å². The molecule has 0 fully saturated rings. The molecule has 2 aliphatic rings. The molecular weight excluding hydrogens is 252 g/mol. The van der Waals surface area contributed by atoms with Crippen molar-refractivity contribution in [3.05, 3.63) is 57.1 Å². The molecule has 108 valence electrons. The van der Waals surface area contributed by atoms with Crippen LogP contribution in [0.3, 0.4) is 0 Å². The van der Waals surface area contributed by atoms with E-state index >= 15 is 0 Å². The highest BCUT2D eigenvalue weighted by Crippen LogP contribution is 2.43. The van der Waals surface area contributed by atoms with Crippen LogP contribution in [0.15, 0.2) is 18.2 Å². The van der Waals surface area contributed by atoms with Crippen LogP contribution in [0.2, 0.25) is 0 Å². The van der Waals surface area contributed by atoms with Crippen molar-refractivity contribution < 1.29 is 0 Å². The minimum absolute atomic E-state index is 1.25. The first-order valence-electron chi connectivity index (χ1n) is 8.40. The van der Waals surface area contributed by atoms with Gasteiger partial charge in [0.25, 0.3) is 0 Å². The summed E-state index contributed by atoms with van der Waals surface area (Å²) in [6.45, 7) is 6.88. The summed E-state index contributed by atoms with van der Waals surface area (Å²) < 4.78 is 0. The fraction of sp³-hybridized carbons (Fsp3) is 0.429. The highest BCUT2D eigenvalue weighted by molar-refractivity contribution is 5.80. The van der Waals surface area contributed by atoms with E-state index < -0.39 is 0 Å². The highest BCUT2D eigenvalue weighted by atomic mass is 14.3. The summed E-state index contributed by atoms with van der Waals surface area (Å²) >= 11 is 0. The first-order chi connectivity index (χ1) is 10.1. The van der Waals surface area contributed by atoms with Gasteiger partial charge in [-0.15, -0.1) is 0 Å². The molecule has 2 aliphatic carbocycles. The lowest BCUT2D eigenvalue weighted by molar-refractivity contribution is 0.809. The van der Waals surface area contributed by atoms with Crippen LogP contribution in [0.25, 0.3) is 11.1 Å². The number of hydrogen-bond donors (Lipinski definition) is 0. The zero-order chi connectivity index (χ0) is 14.6. The third-order valence-electron chi connectivity index (χ3n) is 5.52. The molecule has 0 aromatic heterocycles. The third kappa shape index (κ3) is 1.96. The average Bonchev–Trinajstić information content (AvgIpc) is 2.73. The Bertz CT molecular complexity index is 717. The first-order valence-corrected chi connectivity index (χ1v) is 8.40. The van der Waals surface area contributed by atoms with Gasteiger partial charge >= 0.3 is 0 Å². The summed E-state index contributed by atoms with van der Waals surface area (Å²) in [7, 11) is 0. The van der Waals surface area contributed by atoms with Gasteiger partial charge in [0, 0.05) is 0 Å². The van der Waals surface area contributed by atoms with Crippen molar-refractivity contribution in [3.8, 4) is 11.1 Å². The normalized spacial score (nSPS) is 16.1. The van der Waals surface area contributed by atoms with Crippen molar-refractivity contribution in [2.24, 2.45) is 0 Å². The summed E-state index contributed by atoms with van der Waals surface area (Å²) in [5.41, 5.74) is 14.2. The minimum atomic E-state index is 1.25. The van der Waals surface area contributed by atoms with Crippen LogP contribution in [0.5, 0.6) is 0 Å². The van der Waals surface area contributed by atoms with E-state index in [-0.39, 0.29) is 0 Å². The topological polar surface area (TPSA) is 0 Å². The Balaban J connectivity index is 2.14. The molecular formula is C21H24. The second kappa shape index (κ2) is 4.73. The molecule has 2 aromatic rings. The van der Waals surface area contributed by atoms with Gasteiger partial charge in [-0.05, 0) is 104 Å². The third-order valence-corrected chi connectivity index (χ3v) is 5.52. The monoisotopic (exact) mass is 276 g/mol. The largest absolute Gasteiger partial charge is 0.0555 e. The Morgan fingerprint density at radius 2 is 1.24 bits per heavy atom. The molecule has 4 rings (SSSR count). The van der Waals surface area contributed by atoms with E-state index in [1.165, 1.54) is 55.2 Å². The summed E-state index contributed by atoms with van der Waals surface area (Å²) in [6, 6.07) is 7.36. The molecule has 0 bridgehead atoms. The fourth-order valence-corrected chi connectivity index (χ4v) is 4.46. The number of rotatable bonds is 0. The van der Waals surface area contributed by atoms with Crippen LogP contribution < -0.4 is 0 Å². The van der Waals surface area contributed by atoms with Crippen molar-refractivity contribution in [3.63, 3.8) is 0 Å². The van der Waals surface area contributed by atoms with Crippen LogP contribution >= 0.6 is 0 Å². The second-order valence-corrected chi connectivity index (χ2v) is 7.00. The molecule has 0 aliphatic heterocycles. The smallest absolute Gasteiger partial charge is 0.0111 e. The lowest BCUT2D eigenvalue weighted by Crippen LogP contribution is -2.00. The van der Waals surface area contributed by atoms with Gasteiger partial charge in [-0.1, -0.05) is 23.8 Å². The summed E-state index contributed by atoms with van der Waals surface area (Å²) in [5.74, 6) is 0. The van der Waals surface area contributed by atoms with Crippen LogP contribution in [-0.2, 0) is 25.7 Å². The second-order valence-electron chi connectivity index (χ2n) is 7.00. The molecule has 0 unspecified atom stereocenters. The number of hydrogen-bond acceptors (Lipinski definition) is 0. The molecule has 2 aromatic carbocycles. The Kier molecular flexibility index (Phi) is 2.96. The van der Waals surface area contributed by atoms with Gasteiger partial charge in [-0.25, -0.2) is 0 Å². The maximum atomic E-state index is 2.47. The Morgan fingerprint density at radius 1 is 0.667 bits per heavy atom. The van der Waals surface area contributed by atoms with E-state index in [0.29, 0.717) is 0 Å². The van der Waals surface area contributed by atoms with E-state index in [1.807, 2.05) is 0 Å². The molecule has 0 saturated carbocycles. The molecule has 0 N–H and O–H groups in total. The van der Waals surface area contributed by atoms with E-state index in [1.54, 1.807) is 33.4 Å². The molecule has 0 heteroatoms. The van der Waals surface area contributed by atoms with Crippen LogP contribution in [0.1, 0.15) is 51.8 Å². The average molecular weight is 276 g/mol. The van der Waals surface area contributed by atoms with Gasteiger partial charge in [0.15, 0.2) is 0 Å². The first kappa shape index (κ1) is 13.1. The summed E-state index contributed by atoms with van der Waals surface area (Å²) in [6.07, 6.45) is 7.59. The SMILES string of the molecule is Cc1cc2c3c(c1)CCCc1c(C)c(C)cc(c1-3)CCC2. The molecule has 0 spiro atoms. The Labute approximate surface area is 128 Å². The van der Waals surface area contributed by atoms with Crippen molar-refractivity contribution in [2.45, 2.75) is 59.3 Å². The molecule has 0 radical (unpaired) electrons. The van der Waals surface area contributed by atoms with Gasteiger partial charge in [0.1, 0.15) is 0 Å². The maximum absolute atomic E-state index is 2.47.